The SMILES string of the molecule is CC1(C)C(=O)N(c2ccc(C#N)c(C(F)(F)F)c2)C(=S)N1CCCCCCN1CCN(C(=O)c2cccs2)CC1. The van der Waals surface area contributed by atoms with Gasteiger partial charge in [0.1, 0.15) is 5.54 Å². The molecule has 2 aliphatic rings. The van der Waals surface area contributed by atoms with Gasteiger partial charge in [0, 0.05) is 32.7 Å². The maximum Gasteiger partial charge on any atom is 0.417 e. The van der Waals surface area contributed by atoms with Crippen LogP contribution < -0.4 is 4.90 Å². The second-order valence-electron chi connectivity index (χ2n) is 10.5. The standard InChI is InChI=1S/C28H32F3N5O2S2/c1-27(2)25(38)36(21-10-9-20(19-32)22(18-21)28(29,30)31)26(39)35(27)12-6-4-3-5-11-33-13-15-34(16-14-33)24(37)23-8-7-17-40-23/h7-10,17-18H,3-6,11-16H2,1-2H3. The van der Waals surface area contributed by atoms with Gasteiger partial charge in [0.15, 0.2) is 5.11 Å². The van der Waals surface area contributed by atoms with E-state index < -0.39 is 28.7 Å². The van der Waals surface area contributed by atoms with E-state index in [1.165, 1.54) is 17.4 Å². The van der Waals surface area contributed by atoms with Gasteiger partial charge in [-0.05, 0) is 75.1 Å². The Labute approximate surface area is 241 Å². The Morgan fingerprint density at radius 1 is 1.07 bits per heavy atom. The van der Waals surface area contributed by atoms with Crippen LogP contribution in [0, 0.1) is 11.3 Å². The van der Waals surface area contributed by atoms with E-state index in [1.807, 2.05) is 22.4 Å². The van der Waals surface area contributed by atoms with Crippen LogP contribution in [-0.2, 0) is 11.0 Å². The third-order valence-corrected chi connectivity index (χ3v) is 8.77. The first-order valence-electron chi connectivity index (χ1n) is 13.3. The highest BCUT2D eigenvalue weighted by atomic mass is 32.1. The topological polar surface area (TPSA) is 70.9 Å². The molecule has 3 heterocycles. The van der Waals surface area contributed by atoms with Crippen LogP contribution in [0.25, 0.3) is 0 Å². The molecule has 0 unspecified atom stereocenters. The van der Waals surface area contributed by atoms with E-state index in [2.05, 4.69) is 4.90 Å². The number of anilines is 1. The second-order valence-corrected chi connectivity index (χ2v) is 11.8. The zero-order valence-corrected chi connectivity index (χ0v) is 24.2. The average Bonchev–Trinajstić information content (AvgIpc) is 3.51. The third kappa shape index (κ3) is 6.32. The van der Waals surface area contributed by atoms with Crippen LogP contribution in [0.4, 0.5) is 18.9 Å². The number of thiocarbonyl (C=S) groups is 1. The molecule has 214 valence electrons. The van der Waals surface area contributed by atoms with Gasteiger partial charge in [0.2, 0.25) is 0 Å². The van der Waals surface area contributed by atoms with Crippen LogP contribution in [-0.4, -0.2) is 76.4 Å². The number of thiophene rings is 1. The summed E-state index contributed by atoms with van der Waals surface area (Å²) in [4.78, 5) is 33.7. The van der Waals surface area contributed by atoms with Crippen molar-refractivity contribution in [1.82, 2.24) is 14.7 Å². The van der Waals surface area contributed by atoms with Crippen LogP contribution in [0.3, 0.4) is 0 Å². The number of hydrogen-bond acceptors (Lipinski definition) is 6. The van der Waals surface area contributed by atoms with Gasteiger partial charge in [-0.1, -0.05) is 18.9 Å². The zero-order chi connectivity index (χ0) is 29.1. The minimum atomic E-state index is -4.73. The van der Waals surface area contributed by atoms with E-state index in [0.717, 1.165) is 80.3 Å². The fourth-order valence-corrected chi connectivity index (χ4v) is 6.33. The van der Waals surface area contributed by atoms with Crippen molar-refractivity contribution in [3.05, 3.63) is 51.7 Å². The van der Waals surface area contributed by atoms with E-state index in [9.17, 15) is 22.8 Å². The second kappa shape index (κ2) is 12.2. The Morgan fingerprint density at radius 3 is 2.35 bits per heavy atom. The number of hydrogen-bond donors (Lipinski definition) is 0. The molecule has 2 fully saturated rings. The Bertz CT molecular complexity index is 1280. The number of halogens is 3. The van der Waals surface area contributed by atoms with Crippen molar-refractivity contribution in [2.75, 3.05) is 44.2 Å². The maximum atomic E-state index is 13.5. The van der Waals surface area contributed by atoms with Crippen molar-refractivity contribution in [2.24, 2.45) is 0 Å². The smallest absolute Gasteiger partial charge is 0.335 e. The number of benzene rings is 1. The van der Waals surface area contributed by atoms with Gasteiger partial charge in [-0.25, -0.2) is 0 Å². The number of amides is 2. The molecule has 40 heavy (non-hydrogen) atoms. The van der Waals surface area contributed by atoms with E-state index in [-0.39, 0.29) is 16.7 Å². The lowest BCUT2D eigenvalue weighted by Crippen LogP contribution is -2.48. The lowest BCUT2D eigenvalue weighted by atomic mass is 10.0. The molecule has 4 rings (SSSR count). The van der Waals surface area contributed by atoms with Crippen LogP contribution >= 0.6 is 23.6 Å². The van der Waals surface area contributed by atoms with Crippen molar-refractivity contribution in [3.63, 3.8) is 0 Å². The summed E-state index contributed by atoms with van der Waals surface area (Å²) in [7, 11) is 0. The molecule has 1 aromatic carbocycles. The number of rotatable bonds is 9. The highest BCUT2D eigenvalue weighted by molar-refractivity contribution is 7.80. The molecule has 0 N–H and O–H groups in total. The Kier molecular flexibility index (Phi) is 9.17. The van der Waals surface area contributed by atoms with E-state index in [0.29, 0.717) is 6.54 Å². The summed E-state index contributed by atoms with van der Waals surface area (Å²) in [6.07, 6.45) is -0.999. The molecule has 0 atom stereocenters. The minimum absolute atomic E-state index is 0.00841. The van der Waals surface area contributed by atoms with Gasteiger partial charge in [0.25, 0.3) is 11.8 Å². The fourth-order valence-electron chi connectivity index (χ4n) is 5.13. The molecule has 12 heteroatoms. The summed E-state index contributed by atoms with van der Waals surface area (Å²) in [6.45, 7) is 8.09. The average molecular weight is 592 g/mol. The van der Waals surface area contributed by atoms with Crippen molar-refractivity contribution in [1.29, 1.82) is 5.26 Å². The fraction of sp³-hybridized carbons (Fsp3) is 0.500. The van der Waals surface area contributed by atoms with Crippen LogP contribution in [0.1, 0.15) is 60.3 Å². The molecule has 0 spiro atoms. The number of piperazine rings is 1. The number of nitrogens with zero attached hydrogens (tertiary/aromatic N) is 5. The molecular formula is C28H32F3N5O2S2. The number of unbranched alkanes of at least 4 members (excludes halogenated alkanes) is 3. The minimum Gasteiger partial charge on any atom is -0.335 e. The van der Waals surface area contributed by atoms with E-state index in [1.54, 1.807) is 24.8 Å². The molecule has 2 amide bonds. The van der Waals surface area contributed by atoms with Crippen molar-refractivity contribution >= 4 is 46.2 Å². The van der Waals surface area contributed by atoms with Crippen molar-refractivity contribution in [2.45, 2.75) is 51.2 Å². The Hall–Kier alpha value is -3.01. The van der Waals surface area contributed by atoms with Gasteiger partial charge in [-0.3, -0.25) is 19.4 Å². The number of alkyl halides is 3. The van der Waals surface area contributed by atoms with E-state index in [4.69, 9.17) is 17.5 Å². The molecule has 1 aromatic heterocycles. The number of nitriles is 1. The molecule has 0 aliphatic carbocycles. The molecule has 0 radical (unpaired) electrons. The first-order chi connectivity index (χ1) is 18.9. The van der Waals surface area contributed by atoms with Crippen molar-refractivity contribution in [3.8, 4) is 6.07 Å². The van der Waals surface area contributed by atoms with Gasteiger partial charge in [0.05, 0.1) is 27.8 Å². The molecular weight excluding hydrogens is 559 g/mol. The highest BCUT2D eigenvalue weighted by Crippen LogP contribution is 2.38. The van der Waals surface area contributed by atoms with Gasteiger partial charge in [-0.15, -0.1) is 11.3 Å². The van der Waals surface area contributed by atoms with Crippen LogP contribution in [0.2, 0.25) is 0 Å². The molecule has 2 aliphatic heterocycles. The largest absolute Gasteiger partial charge is 0.417 e. The Balaban J connectivity index is 1.24. The lowest BCUT2D eigenvalue weighted by molar-refractivity contribution is -0.137. The molecule has 7 nitrogen and oxygen atoms in total. The normalized spacial score (nSPS) is 17.9. The van der Waals surface area contributed by atoms with Crippen molar-refractivity contribution < 1.29 is 22.8 Å². The van der Waals surface area contributed by atoms with Crippen LogP contribution in [0.15, 0.2) is 35.7 Å². The summed E-state index contributed by atoms with van der Waals surface area (Å²) in [5.41, 5.74) is -2.58. The molecule has 2 saturated heterocycles. The lowest BCUT2D eigenvalue weighted by Gasteiger charge is -2.34. The monoisotopic (exact) mass is 591 g/mol. The molecule has 0 saturated carbocycles. The quantitative estimate of drug-likeness (QED) is 0.289. The highest BCUT2D eigenvalue weighted by Gasteiger charge is 2.49. The summed E-state index contributed by atoms with van der Waals surface area (Å²) in [6, 6.07) is 8.53. The van der Waals surface area contributed by atoms with Crippen LogP contribution in [0.5, 0.6) is 0 Å². The molecule has 0 bridgehead atoms. The summed E-state index contributed by atoms with van der Waals surface area (Å²) < 4.78 is 40.5. The van der Waals surface area contributed by atoms with Gasteiger partial charge >= 0.3 is 6.18 Å². The Morgan fingerprint density at radius 2 is 1.75 bits per heavy atom. The first kappa shape index (κ1) is 30.0. The first-order valence-corrected chi connectivity index (χ1v) is 14.6. The van der Waals surface area contributed by atoms with Gasteiger partial charge in [-0.2, -0.15) is 18.4 Å². The number of carbonyl (C=O) groups is 2. The summed E-state index contributed by atoms with van der Waals surface area (Å²) in [5, 5.41) is 11.2. The summed E-state index contributed by atoms with van der Waals surface area (Å²) in [5.74, 6) is -0.290. The zero-order valence-electron chi connectivity index (χ0n) is 22.5. The predicted molar refractivity (Wildman–Crippen MR) is 152 cm³/mol. The maximum absolute atomic E-state index is 13.5. The third-order valence-electron chi connectivity index (χ3n) is 7.51. The predicted octanol–water partition coefficient (Wildman–Crippen LogP) is 5.37. The number of carbonyl (C=O) groups excluding carboxylic acids is 2. The van der Waals surface area contributed by atoms with Gasteiger partial charge < -0.3 is 9.80 Å². The van der Waals surface area contributed by atoms with E-state index >= 15 is 0 Å². The summed E-state index contributed by atoms with van der Waals surface area (Å²) >= 11 is 7.03. The molecule has 2 aromatic rings.